The Morgan fingerprint density at radius 3 is 2.81 bits per heavy atom. The van der Waals surface area contributed by atoms with Crippen molar-refractivity contribution in [1.29, 1.82) is 0 Å². The molecule has 0 spiro atoms. The molecule has 0 fully saturated rings. The lowest BCUT2D eigenvalue weighted by Crippen LogP contribution is -2.45. The van der Waals surface area contributed by atoms with Gasteiger partial charge in [0.25, 0.3) is 0 Å². The van der Waals surface area contributed by atoms with Gasteiger partial charge in [-0.2, -0.15) is 13.2 Å². The predicted octanol–water partition coefficient (Wildman–Crippen LogP) is 1.23. The summed E-state index contributed by atoms with van der Waals surface area (Å²) < 4.78 is 37.8. The summed E-state index contributed by atoms with van der Waals surface area (Å²) in [7, 11) is 0. The van der Waals surface area contributed by atoms with E-state index >= 15 is 0 Å². The van der Waals surface area contributed by atoms with Crippen LogP contribution in [0.25, 0.3) is 0 Å². The van der Waals surface area contributed by atoms with E-state index in [-0.39, 0.29) is 12.3 Å². The van der Waals surface area contributed by atoms with Gasteiger partial charge >= 0.3 is 18.0 Å². The number of carbonyl (C=O) groups excluding carboxylic acids is 1. The van der Waals surface area contributed by atoms with Crippen molar-refractivity contribution in [3.63, 3.8) is 0 Å². The number of amides is 2. The molecule has 0 radical (unpaired) electrons. The largest absolute Gasteiger partial charge is 0.458 e. The fourth-order valence-corrected chi connectivity index (χ4v) is 1.78. The summed E-state index contributed by atoms with van der Waals surface area (Å²) in [5, 5.41) is 15.0. The van der Waals surface area contributed by atoms with E-state index in [1.54, 1.807) is 12.1 Å². The minimum atomic E-state index is -4.94. The van der Waals surface area contributed by atoms with Gasteiger partial charge in [-0.1, -0.05) is 23.4 Å². The highest BCUT2D eigenvalue weighted by Gasteiger charge is 2.60. The van der Waals surface area contributed by atoms with E-state index < -0.39 is 24.4 Å². The number of nitrogens with one attached hydrogen (secondary N) is 1. The van der Waals surface area contributed by atoms with Gasteiger partial charge in [-0.05, 0) is 17.2 Å². The highest BCUT2D eigenvalue weighted by Crippen LogP contribution is 2.38. The Balaban J connectivity index is 2.13. The Hall–Kier alpha value is -2.29. The van der Waals surface area contributed by atoms with E-state index in [0.29, 0.717) is 11.1 Å². The molecule has 1 aromatic carbocycles. The molecule has 0 saturated carbocycles. The number of benzene rings is 1. The number of urea groups is 1. The van der Waals surface area contributed by atoms with Crippen molar-refractivity contribution in [2.75, 3.05) is 0 Å². The molecule has 21 heavy (non-hydrogen) atoms. The number of oxime groups is 1. The van der Waals surface area contributed by atoms with Crippen molar-refractivity contribution in [3.8, 4) is 0 Å². The van der Waals surface area contributed by atoms with Gasteiger partial charge in [0.05, 0.1) is 12.1 Å². The molecular formula is C12H12F3N3O3. The van der Waals surface area contributed by atoms with Gasteiger partial charge in [-0.25, -0.2) is 4.79 Å². The van der Waals surface area contributed by atoms with Crippen LogP contribution in [0.15, 0.2) is 29.4 Å². The molecule has 2 rings (SSSR count). The first-order valence-electron chi connectivity index (χ1n) is 5.88. The molecule has 1 aliphatic heterocycles. The molecule has 2 amide bonds. The van der Waals surface area contributed by atoms with Crippen LogP contribution in [-0.4, -0.2) is 28.8 Å². The molecule has 1 unspecified atom stereocenters. The van der Waals surface area contributed by atoms with Crippen molar-refractivity contribution in [1.82, 2.24) is 5.32 Å². The van der Waals surface area contributed by atoms with Gasteiger partial charge in [0.1, 0.15) is 0 Å². The lowest BCUT2D eigenvalue weighted by molar-refractivity contribution is -0.355. The van der Waals surface area contributed by atoms with Gasteiger partial charge in [0.15, 0.2) is 0 Å². The third-order valence-corrected chi connectivity index (χ3v) is 2.88. The molecule has 1 atom stereocenters. The summed E-state index contributed by atoms with van der Waals surface area (Å²) in [5.41, 5.74) is 5.88. The number of hydrogen-bond acceptors (Lipinski definition) is 4. The maximum Gasteiger partial charge on any atom is 0.458 e. The Labute approximate surface area is 117 Å². The van der Waals surface area contributed by atoms with Crippen molar-refractivity contribution < 1.29 is 27.9 Å². The van der Waals surface area contributed by atoms with Crippen LogP contribution in [0.2, 0.25) is 0 Å². The zero-order valence-electron chi connectivity index (χ0n) is 10.6. The number of primary amides is 1. The molecule has 0 aliphatic carbocycles. The van der Waals surface area contributed by atoms with Gasteiger partial charge < -0.3 is 21.0 Å². The fraction of sp³-hybridized carbons (Fsp3) is 0.333. The number of alkyl halides is 3. The summed E-state index contributed by atoms with van der Waals surface area (Å²) >= 11 is 0. The zero-order valence-corrected chi connectivity index (χ0v) is 10.6. The van der Waals surface area contributed by atoms with Crippen LogP contribution in [0, 0.1) is 0 Å². The van der Waals surface area contributed by atoms with Crippen molar-refractivity contribution in [3.05, 3.63) is 35.4 Å². The number of aliphatic hydroxyl groups is 1. The van der Waals surface area contributed by atoms with Gasteiger partial charge in [0.2, 0.25) is 0 Å². The Morgan fingerprint density at radius 1 is 1.52 bits per heavy atom. The molecule has 0 bridgehead atoms. The Bertz CT molecular complexity index is 589. The third-order valence-electron chi connectivity index (χ3n) is 2.88. The van der Waals surface area contributed by atoms with Crippen LogP contribution in [-0.2, 0) is 11.4 Å². The van der Waals surface area contributed by atoms with E-state index in [1.807, 2.05) is 0 Å². The average Bonchev–Trinajstić information content (AvgIpc) is 2.80. The normalized spacial score (nSPS) is 21.6. The lowest BCUT2D eigenvalue weighted by Gasteiger charge is -2.22. The second-order valence-corrected chi connectivity index (χ2v) is 4.51. The number of carbonyl (C=O) groups is 1. The molecular weight excluding hydrogens is 291 g/mol. The van der Waals surface area contributed by atoms with Crippen LogP contribution >= 0.6 is 0 Å². The van der Waals surface area contributed by atoms with Crippen molar-refractivity contribution in [2.45, 2.75) is 24.9 Å². The number of nitrogens with two attached hydrogens (primary N) is 1. The molecule has 1 heterocycles. The SMILES string of the molecule is NC(=O)NCc1cccc(C2=NOC(O)(C(F)(F)F)C2)c1. The summed E-state index contributed by atoms with van der Waals surface area (Å²) in [6.07, 6.45) is -5.74. The Kier molecular flexibility index (Phi) is 3.77. The molecule has 0 aromatic heterocycles. The van der Waals surface area contributed by atoms with Gasteiger partial charge in [0, 0.05) is 6.54 Å². The van der Waals surface area contributed by atoms with Crippen LogP contribution < -0.4 is 11.1 Å². The highest BCUT2D eigenvalue weighted by molar-refractivity contribution is 6.01. The molecule has 4 N–H and O–H groups in total. The minimum Gasteiger partial charge on any atom is -0.352 e. The first-order valence-corrected chi connectivity index (χ1v) is 5.88. The number of rotatable bonds is 3. The second-order valence-electron chi connectivity index (χ2n) is 4.51. The van der Waals surface area contributed by atoms with Crippen molar-refractivity contribution >= 4 is 11.7 Å². The topological polar surface area (TPSA) is 96.9 Å². The van der Waals surface area contributed by atoms with Gasteiger partial charge in [-0.3, -0.25) is 0 Å². The second kappa shape index (κ2) is 5.24. The van der Waals surface area contributed by atoms with E-state index in [9.17, 15) is 23.1 Å². The monoisotopic (exact) mass is 303 g/mol. The number of halogens is 3. The highest BCUT2D eigenvalue weighted by atomic mass is 19.4. The number of hydrogen-bond donors (Lipinski definition) is 3. The standard InChI is InChI=1S/C12H12F3N3O3/c13-12(14,15)11(20)5-9(18-21-11)8-3-1-2-7(4-8)6-17-10(16)19/h1-4,20H,5-6H2,(H3,16,17,19). The minimum absolute atomic E-state index is 0.0317. The summed E-state index contributed by atoms with van der Waals surface area (Å²) in [5.74, 6) is -3.30. The summed E-state index contributed by atoms with van der Waals surface area (Å²) in [6.45, 7) is 0.126. The van der Waals surface area contributed by atoms with Crippen LogP contribution in [0.1, 0.15) is 17.5 Å². The third kappa shape index (κ3) is 3.24. The number of nitrogens with zero attached hydrogens (tertiary/aromatic N) is 1. The van der Waals surface area contributed by atoms with Crippen molar-refractivity contribution in [2.24, 2.45) is 10.9 Å². The summed E-state index contributed by atoms with van der Waals surface area (Å²) in [6, 6.07) is 5.58. The maximum atomic E-state index is 12.6. The first-order chi connectivity index (χ1) is 9.71. The molecule has 9 heteroatoms. The Morgan fingerprint density at radius 2 is 2.24 bits per heavy atom. The van der Waals surface area contributed by atoms with Crippen LogP contribution in [0.5, 0.6) is 0 Å². The van der Waals surface area contributed by atoms with Crippen LogP contribution in [0.4, 0.5) is 18.0 Å². The molecule has 6 nitrogen and oxygen atoms in total. The lowest BCUT2D eigenvalue weighted by atomic mass is 10.0. The summed E-state index contributed by atoms with van der Waals surface area (Å²) in [4.78, 5) is 14.8. The van der Waals surface area contributed by atoms with E-state index in [1.165, 1.54) is 12.1 Å². The molecule has 0 saturated heterocycles. The molecule has 1 aromatic rings. The smallest absolute Gasteiger partial charge is 0.352 e. The van der Waals surface area contributed by atoms with Gasteiger partial charge in [-0.15, -0.1) is 0 Å². The maximum absolute atomic E-state index is 12.6. The van der Waals surface area contributed by atoms with E-state index in [0.717, 1.165) is 0 Å². The van der Waals surface area contributed by atoms with Crippen LogP contribution in [0.3, 0.4) is 0 Å². The average molecular weight is 303 g/mol. The quantitative estimate of drug-likeness (QED) is 0.783. The predicted molar refractivity (Wildman–Crippen MR) is 66.1 cm³/mol. The first kappa shape index (κ1) is 15.1. The van der Waals surface area contributed by atoms with E-state index in [2.05, 4.69) is 15.3 Å². The zero-order chi connectivity index (χ0) is 15.7. The fourth-order valence-electron chi connectivity index (χ4n) is 1.78. The van der Waals surface area contributed by atoms with E-state index in [4.69, 9.17) is 5.73 Å². The molecule has 114 valence electrons. The molecule has 1 aliphatic rings.